The zero-order chi connectivity index (χ0) is 12.3. The fraction of sp³-hybridized carbons (Fsp3) is 0.923. The number of nitrogens with one attached hydrogen (secondary N) is 1. The quantitative estimate of drug-likeness (QED) is 0.820. The molecule has 0 heterocycles. The molecule has 1 aliphatic rings. The Morgan fingerprint density at radius 3 is 2.35 bits per heavy atom. The Kier molecular flexibility index (Phi) is 7.10. The van der Waals surface area contributed by atoms with Gasteiger partial charge in [-0.3, -0.25) is 4.79 Å². The average Bonchev–Trinajstić information content (AvgIpc) is 2.16. The number of rotatable bonds is 3. The molecular weight excluding hydrogens is 236 g/mol. The van der Waals surface area contributed by atoms with E-state index in [1.165, 1.54) is 12.8 Å². The summed E-state index contributed by atoms with van der Waals surface area (Å²) < 4.78 is 0. The van der Waals surface area contributed by atoms with Crippen LogP contribution in [0.3, 0.4) is 0 Å². The summed E-state index contributed by atoms with van der Waals surface area (Å²) >= 11 is 0. The van der Waals surface area contributed by atoms with Crippen molar-refractivity contribution >= 4 is 18.3 Å². The molecule has 1 saturated carbocycles. The first-order valence-electron chi connectivity index (χ1n) is 6.47. The Morgan fingerprint density at radius 1 is 1.29 bits per heavy atom. The van der Waals surface area contributed by atoms with Crippen LogP contribution in [0.25, 0.3) is 0 Å². The summed E-state index contributed by atoms with van der Waals surface area (Å²) in [6.45, 7) is 8.49. The minimum Gasteiger partial charge on any atom is -0.352 e. The van der Waals surface area contributed by atoms with Crippen LogP contribution in [-0.2, 0) is 4.79 Å². The molecule has 0 spiro atoms. The Hall–Kier alpha value is -0.280. The molecule has 0 aromatic rings. The predicted octanol–water partition coefficient (Wildman–Crippen LogP) is 2.33. The van der Waals surface area contributed by atoms with Crippen molar-refractivity contribution in [3.05, 3.63) is 0 Å². The van der Waals surface area contributed by atoms with Gasteiger partial charge >= 0.3 is 0 Å². The third-order valence-corrected chi connectivity index (χ3v) is 3.76. The molecule has 1 rings (SSSR count). The summed E-state index contributed by atoms with van der Waals surface area (Å²) in [7, 11) is 0. The van der Waals surface area contributed by atoms with E-state index in [9.17, 15) is 4.79 Å². The molecule has 3 nitrogen and oxygen atoms in total. The van der Waals surface area contributed by atoms with Crippen molar-refractivity contribution in [1.29, 1.82) is 0 Å². The van der Waals surface area contributed by atoms with Crippen molar-refractivity contribution < 1.29 is 4.79 Å². The van der Waals surface area contributed by atoms with E-state index < -0.39 is 6.04 Å². The smallest absolute Gasteiger partial charge is 0.236 e. The Labute approximate surface area is 111 Å². The van der Waals surface area contributed by atoms with Crippen molar-refractivity contribution in [2.24, 2.45) is 23.5 Å². The van der Waals surface area contributed by atoms with Crippen LogP contribution in [0.1, 0.15) is 47.0 Å². The molecule has 4 atom stereocenters. The van der Waals surface area contributed by atoms with Crippen molar-refractivity contribution in [2.45, 2.75) is 59.0 Å². The first-order chi connectivity index (χ1) is 7.41. The van der Waals surface area contributed by atoms with Crippen LogP contribution in [0.15, 0.2) is 0 Å². The molecule has 0 bridgehead atoms. The third kappa shape index (κ3) is 4.84. The van der Waals surface area contributed by atoms with Gasteiger partial charge in [0.1, 0.15) is 0 Å². The number of carbonyl (C=O) groups excluding carboxylic acids is 1. The molecule has 1 aliphatic carbocycles. The standard InChI is InChI=1S/C13H26N2O.ClH/c1-8(2)11-6-5-9(3)7-12(11)15-13(16)10(4)14;/h8-12H,5-7,14H2,1-4H3,(H,15,16);1H/t9?,10-,11?,12?;/m0./s1. The largest absolute Gasteiger partial charge is 0.352 e. The van der Waals surface area contributed by atoms with Crippen LogP contribution in [0.2, 0.25) is 0 Å². The highest BCUT2D eigenvalue weighted by Crippen LogP contribution is 2.33. The lowest BCUT2D eigenvalue weighted by Crippen LogP contribution is -2.50. The summed E-state index contributed by atoms with van der Waals surface area (Å²) in [5, 5.41) is 3.12. The van der Waals surface area contributed by atoms with E-state index in [0.29, 0.717) is 23.8 Å². The molecule has 1 fully saturated rings. The fourth-order valence-corrected chi connectivity index (χ4v) is 2.68. The molecule has 0 saturated heterocycles. The summed E-state index contributed by atoms with van der Waals surface area (Å²) in [5.41, 5.74) is 5.60. The van der Waals surface area contributed by atoms with Gasteiger partial charge in [-0.2, -0.15) is 0 Å². The molecule has 0 aromatic heterocycles. The number of hydrogen-bond donors (Lipinski definition) is 2. The van der Waals surface area contributed by atoms with E-state index in [2.05, 4.69) is 26.1 Å². The molecule has 3 unspecified atom stereocenters. The Balaban J connectivity index is 0.00000256. The molecule has 102 valence electrons. The summed E-state index contributed by atoms with van der Waals surface area (Å²) in [4.78, 5) is 11.6. The topological polar surface area (TPSA) is 55.1 Å². The summed E-state index contributed by atoms with van der Waals surface area (Å²) in [6.07, 6.45) is 3.61. The summed E-state index contributed by atoms with van der Waals surface area (Å²) in [6, 6.07) is -0.0766. The first-order valence-corrected chi connectivity index (χ1v) is 6.47. The van der Waals surface area contributed by atoms with Crippen molar-refractivity contribution in [2.75, 3.05) is 0 Å². The van der Waals surface area contributed by atoms with Crippen molar-refractivity contribution in [1.82, 2.24) is 5.32 Å². The monoisotopic (exact) mass is 262 g/mol. The second kappa shape index (κ2) is 7.22. The van der Waals surface area contributed by atoms with E-state index in [1.54, 1.807) is 6.92 Å². The van der Waals surface area contributed by atoms with E-state index in [-0.39, 0.29) is 18.3 Å². The minimum atomic E-state index is -0.398. The van der Waals surface area contributed by atoms with Crippen LogP contribution in [0, 0.1) is 17.8 Å². The molecule has 3 N–H and O–H groups in total. The Bertz CT molecular complexity index is 244. The molecule has 0 aliphatic heterocycles. The summed E-state index contributed by atoms with van der Waals surface area (Å²) in [5.74, 6) is 1.95. The van der Waals surface area contributed by atoms with Gasteiger partial charge in [0.2, 0.25) is 5.91 Å². The molecule has 4 heteroatoms. The fourth-order valence-electron chi connectivity index (χ4n) is 2.68. The lowest BCUT2D eigenvalue weighted by molar-refractivity contribution is -0.123. The number of nitrogens with two attached hydrogens (primary N) is 1. The lowest BCUT2D eigenvalue weighted by Gasteiger charge is -2.38. The van der Waals surface area contributed by atoms with Crippen molar-refractivity contribution in [3.63, 3.8) is 0 Å². The highest BCUT2D eigenvalue weighted by molar-refractivity contribution is 5.85. The number of amides is 1. The van der Waals surface area contributed by atoms with Crippen LogP contribution >= 0.6 is 12.4 Å². The zero-order valence-corrected chi connectivity index (χ0v) is 12.2. The average molecular weight is 263 g/mol. The van der Waals surface area contributed by atoms with Gasteiger partial charge in [-0.1, -0.05) is 27.2 Å². The van der Waals surface area contributed by atoms with Crippen LogP contribution in [0.5, 0.6) is 0 Å². The molecular formula is C13H27ClN2O. The van der Waals surface area contributed by atoms with Gasteiger partial charge in [0.05, 0.1) is 6.04 Å². The van der Waals surface area contributed by atoms with Gasteiger partial charge in [0.15, 0.2) is 0 Å². The molecule has 0 aromatic carbocycles. The minimum absolute atomic E-state index is 0. The van der Waals surface area contributed by atoms with Crippen LogP contribution < -0.4 is 11.1 Å². The second-order valence-corrected chi connectivity index (χ2v) is 5.73. The maximum absolute atomic E-state index is 11.6. The van der Waals surface area contributed by atoms with E-state index in [1.807, 2.05) is 0 Å². The van der Waals surface area contributed by atoms with Gasteiger partial charge in [0, 0.05) is 6.04 Å². The van der Waals surface area contributed by atoms with E-state index >= 15 is 0 Å². The Morgan fingerprint density at radius 2 is 1.88 bits per heavy atom. The van der Waals surface area contributed by atoms with E-state index in [0.717, 1.165) is 6.42 Å². The van der Waals surface area contributed by atoms with Crippen LogP contribution in [-0.4, -0.2) is 18.0 Å². The van der Waals surface area contributed by atoms with E-state index in [4.69, 9.17) is 5.73 Å². The number of hydrogen-bond acceptors (Lipinski definition) is 2. The maximum atomic E-state index is 11.6. The first kappa shape index (κ1) is 16.7. The normalized spacial score (nSPS) is 30.6. The van der Waals surface area contributed by atoms with Crippen molar-refractivity contribution in [3.8, 4) is 0 Å². The highest BCUT2D eigenvalue weighted by atomic mass is 35.5. The molecule has 1 amide bonds. The molecule has 0 radical (unpaired) electrons. The van der Waals surface area contributed by atoms with Gasteiger partial charge in [-0.05, 0) is 37.5 Å². The maximum Gasteiger partial charge on any atom is 0.236 e. The van der Waals surface area contributed by atoms with Gasteiger partial charge in [-0.15, -0.1) is 12.4 Å². The van der Waals surface area contributed by atoms with Gasteiger partial charge in [-0.25, -0.2) is 0 Å². The zero-order valence-electron chi connectivity index (χ0n) is 11.4. The predicted molar refractivity (Wildman–Crippen MR) is 74.2 cm³/mol. The third-order valence-electron chi connectivity index (χ3n) is 3.76. The highest BCUT2D eigenvalue weighted by Gasteiger charge is 2.31. The van der Waals surface area contributed by atoms with Gasteiger partial charge in [0.25, 0.3) is 0 Å². The SMILES string of the molecule is CC1CCC(C(C)C)C(NC(=O)[C@H](C)N)C1.Cl. The second-order valence-electron chi connectivity index (χ2n) is 5.73. The van der Waals surface area contributed by atoms with Gasteiger partial charge < -0.3 is 11.1 Å². The number of carbonyl (C=O) groups is 1. The van der Waals surface area contributed by atoms with Crippen LogP contribution in [0.4, 0.5) is 0 Å². The lowest BCUT2D eigenvalue weighted by atomic mass is 9.74. The molecule has 17 heavy (non-hydrogen) atoms. The number of halogens is 1.